The van der Waals surface area contributed by atoms with E-state index in [0.29, 0.717) is 12.1 Å². The van der Waals surface area contributed by atoms with Gasteiger partial charge in [0.15, 0.2) is 0 Å². The third-order valence-electron chi connectivity index (χ3n) is 4.14. The van der Waals surface area contributed by atoms with Gasteiger partial charge in [0.2, 0.25) is 0 Å². The second-order valence-corrected chi connectivity index (χ2v) is 5.75. The molecule has 2 aliphatic rings. The molecule has 0 aromatic heterocycles. The summed E-state index contributed by atoms with van der Waals surface area (Å²) in [6.45, 7) is 5.42. The molecule has 0 bridgehead atoms. The van der Waals surface area contributed by atoms with Crippen molar-refractivity contribution in [2.24, 2.45) is 17.6 Å². The maximum atomic E-state index is 6.15. The van der Waals surface area contributed by atoms with Crippen molar-refractivity contribution in [3.8, 4) is 0 Å². The van der Waals surface area contributed by atoms with Crippen LogP contribution >= 0.6 is 0 Å². The molecule has 1 aliphatic carbocycles. The van der Waals surface area contributed by atoms with Crippen LogP contribution in [0.3, 0.4) is 0 Å². The summed E-state index contributed by atoms with van der Waals surface area (Å²) in [5.41, 5.74) is 6.15. The number of nitrogens with two attached hydrogens (primary N) is 1. The van der Waals surface area contributed by atoms with Crippen molar-refractivity contribution in [3.63, 3.8) is 0 Å². The third kappa shape index (κ3) is 4.04. The molecule has 0 aromatic carbocycles. The fraction of sp³-hybridized carbons (Fsp3) is 1.00. The van der Waals surface area contributed by atoms with Crippen molar-refractivity contribution in [1.29, 1.82) is 0 Å². The largest absolute Gasteiger partial charge is 0.328 e. The minimum absolute atomic E-state index is 0.392. The first-order chi connectivity index (χ1) is 7.66. The maximum absolute atomic E-state index is 6.15. The van der Waals surface area contributed by atoms with Crippen LogP contribution < -0.4 is 5.73 Å². The van der Waals surface area contributed by atoms with Crippen LogP contribution in [0.1, 0.15) is 52.4 Å². The van der Waals surface area contributed by atoms with Crippen LogP contribution in [-0.4, -0.2) is 23.9 Å². The fourth-order valence-electron chi connectivity index (χ4n) is 2.41. The van der Waals surface area contributed by atoms with Gasteiger partial charge in [0.1, 0.15) is 6.73 Å². The van der Waals surface area contributed by atoms with Gasteiger partial charge in [0.05, 0.1) is 0 Å². The summed E-state index contributed by atoms with van der Waals surface area (Å²) in [6.07, 6.45) is 7.74. The Kier molecular flexibility index (Phi) is 4.22. The summed E-state index contributed by atoms with van der Waals surface area (Å²) in [5.74, 6) is 1.93. The van der Waals surface area contributed by atoms with Crippen LogP contribution in [0.5, 0.6) is 0 Å². The molecule has 3 nitrogen and oxygen atoms in total. The minimum atomic E-state index is 0.392. The van der Waals surface area contributed by atoms with E-state index in [2.05, 4.69) is 13.8 Å². The lowest BCUT2D eigenvalue weighted by Gasteiger charge is -2.17. The quantitative estimate of drug-likeness (QED) is 0.647. The predicted molar refractivity (Wildman–Crippen MR) is 65.6 cm³/mol. The maximum Gasteiger partial charge on any atom is 0.144 e. The molecule has 0 radical (unpaired) electrons. The van der Waals surface area contributed by atoms with E-state index < -0.39 is 0 Å². The van der Waals surface area contributed by atoms with Gasteiger partial charge in [-0.3, -0.25) is 4.84 Å². The average molecular weight is 226 g/mol. The highest BCUT2D eigenvalue weighted by molar-refractivity contribution is 4.79. The highest BCUT2D eigenvalue weighted by Crippen LogP contribution is 2.38. The van der Waals surface area contributed by atoms with Crippen molar-refractivity contribution in [3.05, 3.63) is 0 Å². The average Bonchev–Trinajstić information content (AvgIpc) is 3.12. The first-order valence-corrected chi connectivity index (χ1v) is 6.82. The van der Waals surface area contributed by atoms with E-state index in [1.54, 1.807) is 0 Å². The van der Waals surface area contributed by atoms with Gasteiger partial charge in [0, 0.05) is 12.1 Å². The Morgan fingerprint density at radius 3 is 2.38 bits per heavy atom. The minimum Gasteiger partial charge on any atom is -0.328 e. The summed E-state index contributed by atoms with van der Waals surface area (Å²) in [5, 5.41) is 2.03. The zero-order valence-electron chi connectivity index (χ0n) is 10.7. The standard InChI is InChI=1S/C13H26N2O/c1-10(12-5-6-12)3-7-13(14)8-4-11(2)15-9-16-15/h10-13H,3-9,14H2,1-2H3. The lowest BCUT2D eigenvalue weighted by molar-refractivity contribution is 0.146. The summed E-state index contributed by atoms with van der Waals surface area (Å²) < 4.78 is 0. The summed E-state index contributed by atoms with van der Waals surface area (Å²) >= 11 is 0. The van der Waals surface area contributed by atoms with Crippen LogP contribution in [0.15, 0.2) is 0 Å². The van der Waals surface area contributed by atoms with Gasteiger partial charge in [-0.25, -0.2) is 0 Å². The van der Waals surface area contributed by atoms with Gasteiger partial charge in [-0.15, -0.1) is 0 Å². The predicted octanol–water partition coefficient (Wildman–Crippen LogP) is 2.51. The highest BCUT2D eigenvalue weighted by atomic mass is 16.8. The smallest absolute Gasteiger partial charge is 0.144 e. The molecule has 1 saturated heterocycles. The molecule has 1 aliphatic heterocycles. The number of rotatable bonds is 8. The Bertz CT molecular complexity index is 192. The van der Waals surface area contributed by atoms with Crippen LogP contribution in [0.4, 0.5) is 0 Å². The molecule has 2 N–H and O–H groups in total. The van der Waals surface area contributed by atoms with E-state index in [1.165, 1.54) is 32.1 Å². The molecule has 0 spiro atoms. The van der Waals surface area contributed by atoms with Gasteiger partial charge in [0.25, 0.3) is 0 Å². The summed E-state index contributed by atoms with van der Waals surface area (Å²) in [6, 6.07) is 0.940. The van der Waals surface area contributed by atoms with E-state index in [0.717, 1.165) is 25.0 Å². The van der Waals surface area contributed by atoms with E-state index in [4.69, 9.17) is 10.6 Å². The van der Waals surface area contributed by atoms with Crippen molar-refractivity contribution in [2.75, 3.05) is 6.73 Å². The molecule has 2 rings (SSSR count). The lowest BCUT2D eigenvalue weighted by Crippen LogP contribution is -2.24. The topological polar surface area (TPSA) is 41.6 Å². The SMILES string of the molecule is CC(CCC(N)CCC(C)N1CO1)C1CC1. The van der Waals surface area contributed by atoms with Crippen LogP contribution in [0.2, 0.25) is 0 Å². The van der Waals surface area contributed by atoms with E-state index in [1.807, 2.05) is 5.06 Å². The molecule has 2 fully saturated rings. The summed E-state index contributed by atoms with van der Waals surface area (Å²) in [7, 11) is 0. The second-order valence-electron chi connectivity index (χ2n) is 5.75. The number of hydrogen-bond donors (Lipinski definition) is 1. The molecule has 1 saturated carbocycles. The van der Waals surface area contributed by atoms with E-state index in [9.17, 15) is 0 Å². The summed E-state index contributed by atoms with van der Waals surface area (Å²) in [4.78, 5) is 5.13. The molecule has 4 atom stereocenters. The van der Waals surface area contributed by atoms with Gasteiger partial charge in [-0.05, 0) is 57.3 Å². The Balaban J connectivity index is 1.51. The highest BCUT2D eigenvalue weighted by Gasteiger charge is 2.28. The van der Waals surface area contributed by atoms with Gasteiger partial charge < -0.3 is 5.73 Å². The van der Waals surface area contributed by atoms with Gasteiger partial charge in [-0.2, -0.15) is 5.06 Å². The molecule has 0 aromatic rings. The van der Waals surface area contributed by atoms with Crippen molar-refractivity contribution >= 4 is 0 Å². The van der Waals surface area contributed by atoms with Crippen LogP contribution in [0, 0.1) is 11.8 Å². The van der Waals surface area contributed by atoms with Crippen molar-refractivity contribution in [2.45, 2.75) is 64.5 Å². The van der Waals surface area contributed by atoms with Crippen LogP contribution in [-0.2, 0) is 4.84 Å². The molecule has 0 amide bonds. The molecule has 1 heterocycles. The van der Waals surface area contributed by atoms with Crippen LogP contribution in [0.25, 0.3) is 0 Å². The Morgan fingerprint density at radius 1 is 1.19 bits per heavy atom. The monoisotopic (exact) mass is 226 g/mol. The van der Waals surface area contributed by atoms with E-state index >= 15 is 0 Å². The second kappa shape index (κ2) is 5.48. The molecule has 3 heteroatoms. The zero-order chi connectivity index (χ0) is 11.5. The van der Waals surface area contributed by atoms with Crippen molar-refractivity contribution in [1.82, 2.24) is 5.06 Å². The van der Waals surface area contributed by atoms with Crippen molar-refractivity contribution < 1.29 is 4.84 Å². The molecular formula is C13H26N2O. The Hall–Kier alpha value is -0.120. The third-order valence-corrected chi connectivity index (χ3v) is 4.14. The Morgan fingerprint density at radius 2 is 1.81 bits per heavy atom. The van der Waals surface area contributed by atoms with Gasteiger partial charge in [-0.1, -0.05) is 6.92 Å². The zero-order valence-corrected chi connectivity index (χ0v) is 10.7. The van der Waals surface area contributed by atoms with Gasteiger partial charge >= 0.3 is 0 Å². The first kappa shape index (κ1) is 12.3. The molecule has 4 unspecified atom stereocenters. The number of nitrogens with zero attached hydrogens (tertiary/aromatic N) is 1. The molecule has 16 heavy (non-hydrogen) atoms. The fourth-order valence-corrected chi connectivity index (χ4v) is 2.41. The Labute approximate surface area is 99.3 Å². The molecule has 94 valence electrons. The normalized spacial score (nSPS) is 29.8. The van der Waals surface area contributed by atoms with E-state index in [-0.39, 0.29) is 0 Å². The molecular weight excluding hydrogens is 200 g/mol. The number of hydroxylamine groups is 2. The first-order valence-electron chi connectivity index (χ1n) is 6.82. The number of hydrogen-bond acceptors (Lipinski definition) is 3. The lowest BCUT2D eigenvalue weighted by atomic mass is 9.95.